The van der Waals surface area contributed by atoms with Crippen LogP contribution in [0.2, 0.25) is 0 Å². The molecule has 3 aromatic carbocycles. The van der Waals surface area contributed by atoms with Crippen molar-refractivity contribution in [3.8, 4) is 16.9 Å². The third-order valence-electron chi connectivity index (χ3n) is 3.84. The van der Waals surface area contributed by atoms with Crippen LogP contribution < -0.4 is 10.2 Å². The summed E-state index contributed by atoms with van der Waals surface area (Å²) in [5.74, 6) is 0.184. The zero-order chi connectivity index (χ0) is 19.8. The number of hydrazone groups is 1. The van der Waals surface area contributed by atoms with Gasteiger partial charge >= 0.3 is 0 Å². The average Bonchev–Trinajstić information content (AvgIpc) is 2.73. The quantitative estimate of drug-likeness (QED) is 0.386. The van der Waals surface area contributed by atoms with Crippen molar-refractivity contribution >= 4 is 17.8 Å². The van der Waals surface area contributed by atoms with E-state index in [1.165, 1.54) is 18.3 Å². The summed E-state index contributed by atoms with van der Waals surface area (Å²) in [6.07, 6.45) is 1.40. The van der Waals surface area contributed by atoms with Gasteiger partial charge in [-0.25, -0.2) is 5.43 Å². The summed E-state index contributed by atoms with van der Waals surface area (Å²) in [5, 5.41) is 14.5. The van der Waals surface area contributed by atoms with E-state index in [0.29, 0.717) is 11.3 Å². The lowest BCUT2D eigenvalue weighted by atomic mass is 10.1. The number of rotatable bonds is 7. The van der Waals surface area contributed by atoms with Gasteiger partial charge in [-0.3, -0.25) is 14.9 Å². The second-order valence-corrected chi connectivity index (χ2v) is 5.79. The number of nitro benzene ring substituents is 1. The lowest BCUT2D eigenvalue weighted by molar-refractivity contribution is -0.384. The van der Waals surface area contributed by atoms with Crippen molar-refractivity contribution in [1.82, 2.24) is 5.43 Å². The van der Waals surface area contributed by atoms with Crippen molar-refractivity contribution in [2.24, 2.45) is 5.10 Å². The Balaban J connectivity index is 1.56. The molecule has 0 unspecified atom stereocenters. The maximum absolute atomic E-state index is 12.0. The van der Waals surface area contributed by atoms with Gasteiger partial charge in [-0.1, -0.05) is 48.5 Å². The van der Waals surface area contributed by atoms with E-state index in [1.807, 2.05) is 48.5 Å². The molecule has 140 valence electrons. The molecule has 7 heteroatoms. The van der Waals surface area contributed by atoms with Crippen LogP contribution in [0.25, 0.3) is 11.1 Å². The molecule has 1 amide bonds. The molecule has 0 aliphatic carbocycles. The van der Waals surface area contributed by atoms with Gasteiger partial charge < -0.3 is 4.74 Å². The summed E-state index contributed by atoms with van der Waals surface area (Å²) >= 11 is 0. The lowest BCUT2D eigenvalue weighted by Crippen LogP contribution is -2.24. The maximum atomic E-state index is 12.0. The Labute approximate surface area is 161 Å². The number of amides is 1. The lowest BCUT2D eigenvalue weighted by Gasteiger charge is -2.10. The van der Waals surface area contributed by atoms with E-state index in [4.69, 9.17) is 4.74 Å². The zero-order valence-corrected chi connectivity index (χ0v) is 14.8. The van der Waals surface area contributed by atoms with E-state index in [-0.39, 0.29) is 12.3 Å². The van der Waals surface area contributed by atoms with Crippen LogP contribution in [0.5, 0.6) is 5.75 Å². The van der Waals surface area contributed by atoms with Crippen LogP contribution in [-0.4, -0.2) is 23.7 Å². The fraction of sp³-hybridized carbons (Fsp3) is 0.0476. The first-order valence-electron chi connectivity index (χ1n) is 8.47. The summed E-state index contributed by atoms with van der Waals surface area (Å²) in [5.41, 5.74) is 4.88. The van der Waals surface area contributed by atoms with E-state index < -0.39 is 10.8 Å². The van der Waals surface area contributed by atoms with Crippen molar-refractivity contribution in [2.45, 2.75) is 0 Å². The van der Waals surface area contributed by atoms with Gasteiger partial charge in [0.25, 0.3) is 11.6 Å². The van der Waals surface area contributed by atoms with Gasteiger partial charge in [0.2, 0.25) is 0 Å². The van der Waals surface area contributed by atoms with E-state index in [1.54, 1.807) is 18.2 Å². The van der Waals surface area contributed by atoms with Gasteiger partial charge in [0.15, 0.2) is 6.61 Å². The molecule has 28 heavy (non-hydrogen) atoms. The highest BCUT2D eigenvalue weighted by molar-refractivity contribution is 5.83. The molecule has 0 saturated carbocycles. The van der Waals surface area contributed by atoms with Gasteiger partial charge in [-0.2, -0.15) is 5.10 Å². The van der Waals surface area contributed by atoms with E-state index in [0.717, 1.165) is 11.1 Å². The molecule has 0 heterocycles. The molecule has 0 saturated heterocycles. The predicted octanol–water partition coefficient (Wildman–Crippen LogP) is 3.79. The number of carbonyl (C=O) groups excluding carboxylic acids is 1. The number of benzene rings is 3. The highest BCUT2D eigenvalue weighted by Crippen LogP contribution is 2.29. The monoisotopic (exact) mass is 375 g/mol. The van der Waals surface area contributed by atoms with Gasteiger partial charge in [0, 0.05) is 17.7 Å². The Hall–Kier alpha value is -4.00. The number of nitro groups is 1. The molecule has 0 spiro atoms. The Kier molecular flexibility index (Phi) is 6.10. The molecule has 3 rings (SSSR count). The minimum absolute atomic E-state index is 0.00772. The summed E-state index contributed by atoms with van der Waals surface area (Å²) in [4.78, 5) is 22.1. The molecule has 1 N–H and O–H groups in total. The molecule has 0 atom stereocenters. The molecule has 0 fully saturated rings. The summed E-state index contributed by atoms with van der Waals surface area (Å²) < 4.78 is 5.64. The van der Waals surface area contributed by atoms with Crippen LogP contribution in [0.4, 0.5) is 5.69 Å². The van der Waals surface area contributed by atoms with E-state index >= 15 is 0 Å². The van der Waals surface area contributed by atoms with Gasteiger partial charge in [-0.05, 0) is 29.3 Å². The Morgan fingerprint density at radius 3 is 2.39 bits per heavy atom. The molecule has 3 aromatic rings. The van der Waals surface area contributed by atoms with Crippen LogP contribution in [-0.2, 0) is 4.79 Å². The predicted molar refractivity (Wildman–Crippen MR) is 106 cm³/mol. The Morgan fingerprint density at radius 1 is 1.00 bits per heavy atom. The van der Waals surface area contributed by atoms with Crippen molar-refractivity contribution in [1.29, 1.82) is 0 Å². The highest BCUT2D eigenvalue weighted by atomic mass is 16.6. The first-order chi connectivity index (χ1) is 13.6. The molecule has 0 aliphatic heterocycles. The second kappa shape index (κ2) is 9.09. The first-order valence-corrected chi connectivity index (χ1v) is 8.47. The normalized spacial score (nSPS) is 10.6. The third-order valence-corrected chi connectivity index (χ3v) is 3.84. The Bertz CT molecular complexity index is 986. The van der Waals surface area contributed by atoms with Crippen LogP contribution in [0.1, 0.15) is 5.56 Å². The van der Waals surface area contributed by atoms with Gasteiger partial charge in [-0.15, -0.1) is 0 Å². The molecule has 0 radical (unpaired) electrons. The first kappa shape index (κ1) is 18.8. The fourth-order valence-corrected chi connectivity index (χ4v) is 2.49. The summed E-state index contributed by atoms with van der Waals surface area (Å²) in [6.45, 7) is -0.193. The number of nitrogens with zero attached hydrogens (tertiary/aromatic N) is 2. The zero-order valence-electron chi connectivity index (χ0n) is 14.8. The number of non-ortho nitro benzene ring substituents is 1. The van der Waals surface area contributed by atoms with Gasteiger partial charge in [0.1, 0.15) is 5.75 Å². The Morgan fingerprint density at radius 2 is 1.68 bits per heavy atom. The van der Waals surface area contributed by atoms with Crippen LogP contribution in [0, 0.1) is 10.1 Å². The number of hydrogen-bond donors (Lipinski definition) is 1. The molecule has 0 aliphatic rings. The number of nitrogens with one attached hydrogen (secondary N) is 1. The van der Waals surface area contributed by atoms with Crippen molar-refractivity contribution < 1.29 is 14.5 Å². The topological polar surface area (TPSA) is 93.8 Å². The van der Waals surface area contributed by atoms with Crippen LogP contribution >= 0.6 is 0 Å². The maximum Gasteiger partial charge on any atom is 0.277 e. The van der Waals surface area contributed by atoms with Crippen LogP contribution in [0.15, 0.2) is 84.0 Å². The second-order valence-electron chi connectivity index (χ2n) is 5.79. The molecular formula is C21H17N3O4. The summed E-state index contributed by atoms with van der Waals surface area (Å²) in [6, 6.07) is 23.0. The molecule has 0 aromatic heterocycles. The number of hydrogen-bond acceptors (Lipinski definition) is 5. The highest BCUT2D eigenvalue weighted by Gasteiger charge is 2.08. The van der Waals surface area contributed by atoms with Gasteiger partial charge in [0.05, 0.1) is 11.1 Å². The molecular weight excluding hydrogens is 358 g/mol. The standard InChI is InChI=1S/C21H17N3O4/c25-21(23-22-14-16-10-12-18(13-11-16)24(26)27)15-28-20-9-5-4-8-19(20)17-6-2-1-3-7-17/h1-14H,15H2,(H,23,25)/b22-14+. The number of carbonyl (C=O) groups is 1. The third kappa shape index (κ3) is 5.01. The van der Waals surface area contributed by atoms with E-state index in [9.17, 15) is 14.9 Å². The van der Waals surface area contributed by atoms with Crippen molar-refractivity contribution in [2.75, 3.05) is 6.61 Å². The number of para-hydroxylation sites is 1. The number of ether oxygens (including phenoxy) is 1. The van der Waals surface area contributed by atoms with E-state index in [2.05, 4.69) is 10.5 Å². The largest absolute Gasteiger partial charge is 0.483 e. The fourth-order valence-electron chi connectivity index (χ4n) is 2.49. The molecule has 7 nitrogen and oxygen atoms in total. The smallest absolute Gasteiger partial charge is 0.277 e. The minimum Gasteiger partial charge on any atom is -0.483 e. The van der Waals surface area contributed by atoms with Crippen LogP contribution in [0.3, 0.4) is 0 Å². The summed E-state index contributed by atoms with van der Waals surface area (Å²) in [7, 11) is 0. The van der Waals surface area contributed by atoms with Crippen molar-refractivity contribution in [3.63, 3.8) is 0 Å². The van der Waals surface area contributed by atoms with Crippen molar-refractivity contribution in [3.05, 3.63) is 94.5 Å². The average molecular weight is 375 g/mol. The molecule has 0 bridgehead atoms. The minimum atomic E-state index is -0.479. The SMILES string of the molecule is O=C(COc1ccccc1-c1ccccc1)N/N=C/c1ccc([N+](=O)[O-])cc1.